The fourth-order valence-electron chi connectivity index (χ4n) is 1.76. The quantitative estimate of drug-likeness (QED) is 0.492. The van der Waals surface area contributed by atoms with Crippen LogP contribution in [0.3, 0.4) is 0 Å². The van der Waals surface area contributed by atoms with E-state index >= 15 is 0 Å². The normalized spacial score (nSPS) is 11.5. The van der Waals surface area contributed by atoms with Crippen LogP contribution < -0.4 is 22.9 Å². The third-order valence-electron chi connectivity index (χ3n) is 2.63. The molecular formula is C10H10N4S2. The summed E-state index contributed by atoms with van der Waals surface area (Å²) >= 11 is 2.97. The van der Waals surface area contributed by atoms with Gasteiger partial charge >= 0.3 is 0 Å². The number of nitrogens with two attached hydrogens (primary N) is 4. The molecule has 0 aliphatic rings. The first kappa shape index (κ1) is 9.56. The molecule has 2 heterocycles. The summed E-state index contributed by atoms with van der Waals surface area (Å²) in [5.41, 5.74) is 24.7. The molecule has 0 aliphatic heterocycles. The van der Waals surface area contributed by atoms with Gasteiger partial charge in [-0.3, -0.25) is 0 Å². The molecule has 1 aromatic carbocycles. The molecule has 0 saturated heterocycles. The predicted octanol–water partition coefficient (Wildman–Crippen LogP) is 2.44. The van der Waals surface area contributed by atoms with E-state index in [1.54, 1.807) is 0 Å². The first-order valence-corrected chi connectivity index (χ1v) is 6.26. The number of hydrogen-bond donors (Lipinski definition) is 4. The minimum atomic E-state index is 0.631. The van der Waals surface area contributed by atoms with Crippen molar-refractivity contribution < 1.29 is 0 Å². The second-order valence-electron chi connectivity index (χ2n) is 3.60. The van der Waals surface area contributed by atoms with Crippen LogP contribution in [0.1, 0.15) is 0 Å². The summed E-state index contributed by atoms with van der Waals surface area (Å²) in [6, 6.07) is 4.01. The second kappa shape index (κ2) is 2.93. The van der Waals surface area contributed by atoms with Crippen LogP contribution in [0.15, 0.2) is 12.1 Å². The molecule has 3 aromatic rings. The van der Waals surface area contributed by atoms with Gasteiger partial charge in [0.1, 0.15) is 10.0 Å². The lowest BCUT2D eigenvalue weighted by Crippen LogP contribution is -1.89. The molecule has 8 N–H and O–H groups in total. The van der Waals surface area contributed by atoms with Crippen molar-refractivity contribution >= 4 is 64.2 Å². The third-order valence-corrected chi connectivity index (χ3v) is 4.63. The highest BCUT2D eigenvalue weighted by atomic mass is 32.1. The van der Waals surface area contributed by atoms with E-state index in [1.807, 2.05) is 12.1 Å². The molecule has 2 aromatic heterocycles. The number of hydrogen-bond acceptors (Lipinski definition) is 6. The number of fused-ring (bicyclic) bond motifs is 2. The average Bonchev–Trinajstić information content (AvgIpc) is 2.66. The SMILES string of the molecule is Nc1sc2cc3sc(N)c(N)c3cc2c1N. The summed E-state index contributed by atoms with van der Waals surface area (Å²) in [7, 11) is 0. The van der Waals surface area contributed by atoms with Crippen LogP contribution in [-0.4, -0.2) is 0 Å². The van der Waals surface area contributed by atoms with Crippen molar-refractivity contribution in [3.63, 3.8) is 0 Å². The Bertz CT molecular complexity index is 653. The van der Waals surface area contributed by atoms with Crippen molar-refractivity contribution in [2.75, 3.05) is 22.9 Å². The Balaban J connectivity index is 2.53. The maximum Gasteiger partial charge on any atom is 0.110 e. The largest absolute Gasteiger partial charge is 0.396 e. The lowest BCUT2D eigenvalue weighted by atomic mass is 10.1. The summed E-state index contributed by atoms with van der Waals surface area (Å²) in [6.45, 7) is 0. The van der Waals surface area contributed by atoms with Gasteiger partial charge in [0.2, 0.25) is 0 Å². The van der Waals surface area contributed by atoms with Gasteiger partial charge in [0.15, 0.2) is 0 Å². The zero-order chi connectivity index (χ0) is 11.4. The zero-order valence-electron chi connectivity index (χ0n) is 8.28. The van der Waals surface area contributed by atoms with Gasteiger partial charge < -0.3 is 22.9 Å². The maximum absolute atomic E-state index is 5.90. The lowest BCUT2D eigenvalue weighted by Gasteiger charge is -1.95. The molecule has 6 heteroatoms. The highest BCUT2D eigenvalue weighted by Crippen LogP contribution is 2.43. The van der Waals surface area contributed by atoms with Gasteiger partial charge in [-0.05, 0) is 12.1 Å². The molecule has 0 fully saturated rings. The van der Waals surface area contributed by atoms with Crippen LogP contribution in [0.5, 0.6) is 0 Å². The van der Waals surface area contributed by atoms with Gasteiger partial charge in [-0.25, -0.2) is 0 Å². The van der Waals surface area contributed by atoms with Gasteiger partial charge in [-0.1, -0.05) is 0 Å². The van der Waals surface area contributed by atoms with Gasteiger partial charge in [-0.2, -0.15) is 0 Å². The topological polar surface area (TPSA) is 104 Å². The van der Waals surface area contributed by atoms with Crippen molar-refractivity contribution in [1.29, 1.82) is 0 Å². The van der Waals surface area contributed by atoms with E-state index in [4.69, 9.17) is 22.9 Å². The van der Waals surface area contributed by atoms with E-state index in [1.165, 1.54) is 22.7 Å². The number of rotatable bonds is 0. The number of benzene rings is 1. The fraction of sp³-hybridized carbons (Fsp3) is 0. The molecule has 0 unspecified atom stereocenters. The molecule has 0 aliphatic carbocycles. The molecule has 0 bridgehead atoms. The average molecular weight is 250 g/mol. The lowest BCUT2D eigenvalue weighted by molar-refractivity contribution is 1.86. The summed E-state index contributed by atoms with van der Waals surface area (Å²) in [6.07, 6.45) is 0. The van der Waals surface area contributed by atoms with Gasteiger partial charge in [0.05, 0.1) is 11.4 Å². The van der Waals surface area contributed by atoms with E-state index < -0.39 is 0 Å². The van der Waals surface area contributed by atoms with E-state index in [9.17, 15) is 0 Å². The van der Waals surface area contributed by atoms with Crippen molar-refractivity contribution in [2.45, 2.75) is 0 Å². The molecule has 3 rings (SSSR count). The number of nitrogen functional groups attached to an aromatic ring is 4. The minimum absolute atomic E-state index is 0.631. The molecule has 0 spiro atoms. The molecule has 82 valence electrons. The van der Waals surface area contributed by atoms with E-state index in [-0.39, 0.29) is 0 Å². The molecule has 0 amide bonds. The van der Waals surface area contributed by atoms with Gasteiger partial charge in [-0.15, -0.1) is 22.7 Å². The summed E-state index contributed by atoms with van der Waals surface area (Å²) in [5.74, 6) is 0. The van der Waals surface area contributed by atoms with Crippen LogP contribution in [0.4, 0.5) is 21.4 Å². The standard InChI is InChI=1S/C10H10N4S2/c11-7-3-1-4-6(16-10(14)8(4)12)2-5(3)15-9(7)13/h1-2H,11-14H2. The number of anilines is 4. The second-order valence-corrected chi connectivity index (χ2v) is 5.77. The summed E-state index contributed by atoms with van der Waals surface area (Å²) in [4.78, 5) is 0. The Morgan fingerprint density at radius 2 is 1.12 bits per heavy atom. The molecule has 4 nitrogen and oxygen atoms in total. The van der Waals surface area contributed by atoms with Crippen molar-refractivity contribution in [1.82, 2.24) is 0 Å². The molecule has 16 heavy (non-hydrogen) atoms. The summed E-state index contributed by atoms with van der Waals surface area (Å²) < 4.78 is 2.15. The first-order valence-electron chi connectivity index (χ1n) is 4.63. The molecule has 0 saturated carbocycles. The minimum Gasteiger partial charge on any atom is -0.396 e. The highest BCUT2D eigenvalue weighted by molar-refractivity contribution is 7.25. The Labute approximate surface area is 99.4 Å². The van der Waals surface area contributed by atoms with Crippen LogP contribution in [0.25, 0.3) is 20.2 Å². The first-order chi connectivity index (χ1) is 7.58. The fourth-order valence-corrected chi connectivity index (χ4v) is 3.66. The van der Waals surface area contributed by atoms with Crippen LogP contribution in [0, 0.1) is 0 Å². The number of thiophene rings is 2. The van der Waals surface area contributed by atoms with Crippen LogP contribution in [0.2, 0.25) is 0 Å². The highest BCUT2D eigenvalue weighted by Gasteiger charge is 2.12. The molecule has 0 atom stereocenters. The van der Waals surface area contributed by atoms with E-state index in [2.05, 4.69) is 0 Å². The van der Waals surface area contributed by atoms with Gasteiger partial charge in [0.25, 0.3) is 0 Å². The van der Waals surface area contributed by atoms with Crippen molar-refractivity contribution in [3.8, 4) is 0 Å². The van der Waals surface area contributed by atoms with Crippen LogP contribution in [-0.2, 0) is 0 Å². The van der Waals surface area contributed by atoms with Gasteiger partial charge in [0, 0.05) is 20.2 Å². The molecule has 0 radical (unpaired) electrons. The Kier molecular flexibility index (Phi) is 1.75. The van der Waals surface area contributed by atoms with E-state index in [0.29, 0.717) is 21.4 Å². The monoisotopic (exact) mass is 250 g/mol. The third kappa shape index (κ3) is 1.08. The Morgan fingerprint density at radius 3 is 1.56 bits per heavy atom. The van der Waals surface area contributed by atoms with E-state index in [0.717, 1.165) is 20.2 Å². The van der Waals surface area contributed by atoms with Crippen molar-refractivity contribution in [3.05, 3.63) is 12.1 Å². The summed E-state index contributed by atoms with van der Waals surface area (Å²) in [5, 5.41) is 3.22. The van der Waals surface area contributed by atoms with Crippen molar-refractivity contribution in [2.24, 2.45) is 0 Å². The predicted molar refractivity (Wildman–Crippen MR) is 74.9 cm³/mol. The smallest absolute Gasteiger partial charge is 0.110 e. The Morgan fingerprint density at radius 1 is 0.688 bits per heavy atom. The molecular weight excluding hydrogens is 240 g/mol. The zero-order valence-corrected chi connectivity index (χ0v) is 9.91. The maximum atomic E-state index is 5.90. The Hall–Kier alpha value is -1.66. The van der Waals surface area contributed by atoms with Crippen LogP contribution >= 0.6 is 22.7 Å².